The number of rotatable bonds is 5. The van der Waals surface area contributed by atoms with E-state index in [1.54, 1.807) is 18.2 Å². The van der Waals surface area contributed by atoms with Crippen LogP contribution in [0.5, 0.6) is 0 Å². The molecule has 1 aromatic carbocycles. The fraction of sp³-hybridized carbons (Fsp3) is 0.364. The predicted molar refractivity (Wildman–Crippen MR) is 63.2 cm³/mol. The second-order valence-electron chi connectivity index (χ2n) is 3.24. The third-order valence-electron chi connectivity index (χ3n) is 1.82. The maximum atomic E-state index is 11.4. The molecule has 0 saturated carbocycles. The Morgan fingerprint density at radius 1 is 1.47 bits per heavy atom. The molecule has 0 aromatic heterocycles. The lowest BCUT2D eigenvalue weighted by atomic mass is 10.3. The van der Waals surface area contributed by atoms with Crippen LogP contribution in [0.25, 0.3) is 0 Å². The van der Waals surface area contributed by atoms with Crippen LogP contribution in [0.2, 0.25) is 5.02 Å². The summed E-state index contributed by atoms with van der Waals surface area (Å²) in [6.07, 6.45) is 1.02. The monoisotopic (exact) mass is 226 g/mol. The maximum Gasteiger partial charge on any atom is 0.238 e. The number of hydrogen-bond donors (Lipinski definition) is 2. The Morgan fingerprint density at radius 3 is 2.93 bits per heavy atom. The second kappa shape index (κ2) is 6.43. The van der Waals surface area contributed by atoms with Crippen LogP contribution < -0.4 is 10.6 Å². The van der Waals surface area contributed by atoms with Crippen LogP contribution in [0.1, 0.15) is 13.3 Å². The minimum absolute atomic E-state index is 0.0503. The molecule has 0 saturated heterocycles. The fourth-order valence-corrected chi connectivity index (χ4v) is 1.34. The van der Waals surface area contributed by atoms with Crippen molar-refractivity contribution in [3.05, 3.63) is 29.3 Å². The molecule has 0 aliphatic heterocycles. The van der Waals surface area contributed by atoms with E-state index in [9.17, 15) is 4.79 Å². The van der Waals surface area contributed by atoms with E-state index in [0.717, 1.165) is 18.7 Å². The van der Waals surface area contributed by atoms with Gasteiger partial charge in [-0.25, -0.2) is 0 Å². The van der Waals surface area contributed by atoms with Crippen LogP contribution in [-0.2, 0) is 4.79 Å². The Bertz CT molecular complexity index is 328. The molecule has 0 fully saturated rings. The second-order valence-corrected chi connectivity index (χ2v) is 3.67. The van der Waals surface area contributed by atoms with Crippen LogP contribution in [-0.4, -0.2) is 19.0 Å². The average Bonchev–Trinajstić information content (AvgIpc) is 2.18. The zero-order valence-corrected chi connectivity index (χ0v) is 9.47. The molecular weight excluding hydrogens is 212 g/mol. The number of carbonyl (C=O) groups excluding carboxylic acids is 1. The van der Waals surface area contributed by atoms with Gasteiger partial charge in [-0.3, -0.25) is 4.79 Å². The highest BCUT2D eigenvalue weighted by Gasteiger charge is 2.01. The number of anilines is 1. The normalized spacial score (nSPS) is 10.0. The first-order valence-electron chi connectivity index (χ1n) is 4.98. The van der Waals surface area contributed by atoms with Gasteiger partial charge in [0.2, 0.25) is 5.91 Å². The largest absolute Gasteiger partial charge is 0.325 e. The van der Waals surface area contributed by atoms with E-state index in [2.05, 4.69) is 17.6 Å². The van der Waals surface area contributed by atoms with Gasteiger partial charge >= 0.3 is 0 Å². The summed E-state index contributed by atoms with van der Waals surface area (Å²) in [6, 6.07) is 7.10. The van der Waals surface area contributed by atoms with Crippen LogP contribution in [0.4, 0.5) is 5.69 Å². The number of carbonyl (C=O) groups is 1. The zero-order valence-electron chi connectivity index (χ0n) is 8.72. The molecule has 0 aliphatic carbocycles. The zero-order chi connectivity index (χ0) is 11.1. The highest BCUT2D eigenvalue weighted by molar-refractivity contribution is 6.30. The lowest BCUT2D eigenvalue weighted by Crippen LogP contribution is -2.28. The smallest absolute Gasteiger partial charge is 0.238 e. The molecule has 0 bridgehead atoms. The van der Waals surface area contributed by atoms with Crippen molar-refractivity contribution in [3.63, 3.8) is 0 Å². The Morgan fingerprint density at radius 2 is 2.27 bits per heavy atom. The van der Waals surface area contributed by atoms with Crippen LogP contribution in [0.15, 0.2) is 24.3 Å². The van der Waals surface area contributed by atoms with Crippen molar-refractivity contribution in [2.75, 3.05) is 18.4 Å². The number of hydrogen-bond acceptors (Lipinski definition) is 2. The van der Waals surface area contributed by atoms with Gasteiger partial charge in [0.25, 0.3) is 0 Å². The summed E-state index contributed by atoms with van der Waals surface area (Å²) in [7, 11) is 0. The quantitative estimate of drug-likeness (QED) is 0.757. The van der Waals surface area contributed by atoms with Gasteiger partial charge in [0.1, 0.15) is 0 Å². The molecule has 0 spiro atoms. The summed E-state index contributed by atoms with van der Waals surface area (Å²) >= 11 is 5.79. The fourth-order valence-electron chi connectivity index (χ4n) is 1.15. The molecule has 0 unspecified atom stereocenters. The average molecular weight is 227 g/mol. The third kappa shape index (κ3) is 4.81. The van der Waals surface area contributed by atoms with Crippen molar-refractivity contribution < 1.29 is 4.79 Å². The number of amides is 1. The molecule has 1 amide bonds. The first-order chi connectivity index (χ1) is 7.22. The number of benzene rings is 1. The van der Waals surface area contributed by atoms with Crippen LogP contribution in [0, 0.1) is 0 Å². The van der Waals surface area contributed by atoms with Crippen molar-refractivity contribution >= 4 is 23.2 Å². The molecule has 82 valence electrons. The standard InChI is InChI=1S/C11H15ClN2O/c1-2-6-13-8-11(15)14-10-5-3-4-9(12)7-10/h3-5,7,13H,2,6,8H2,1H3,(H,14,15). The van der Waals surface area contributed by atoms with E-state index in [1.807, 2.05) is 6.07 Å². The molecule has 3 nitrogen and oxygen atoms in total. The van der Waals surface area contributed by atoms with E-state index in [1.165, 1.54) is 0 Å². The van der Waals surface area contributed by atoms with Crippen molar-refractivity contribution in [2.24, 2.45) is 0 Å². The minimum Gasteiger partial charge on any atom is -0.325 e. The topological polar surface area (TPSA) is 41.1 Å². The summed E-state index contributed by atoms with van der Waals surface area (Å²) in [5.74, 6) is -0.0503. The minimum atomic E-state index is -0.0503. The van der Waals surface area contributed by atoms with Gasteiger partial charge in [0.05, 0.1) is 6.54 Å². The highest BCUT2D eigenvalue weighted by atomic mass is 35.5. The molecule has 2 N–H and O–H groups in total. The summed E-state index contributed by atoms with van der Waals surface area (Å²) in [5, 5.41) is 6.40. The highest BCUT2D eigenvalue weighted by Crippen LogP contribution is 2.14. The molecule has 15 heavy (non-hydrogen) atoms. The van der Waals surface area contributed by atoms with E-state index < -0.39 is 0 Å². The molecule has 0 atom stereocenters. The van der Waals surface area contributed by atoms with E-state index in [4.69, 9.17) is 11.6 Å². The van der Waals surface area contributed by atoms with Crippen molar-refractivity contribution in [1.29, 1.82) is 0 Å². The molecule has 1 aromatic rings. The summed E-state index contributed by atoms with van der Waals surface area (Å²) in [4.78, 5) is 11.4. The van der Waals surface area contributed by atoms with Gasteiger partial charge in [-0.1, -0.05) is 24.6 Å². The molecule has 1 rings (SSSR count). The first kappa shape index (κ1) is 12.0. The Balaban J connectivity index is 2.37. The van der Waals surface area contributed by atoms with E-state index in [-0.39, 0.29) is 5.91 Å². The van der Waals surface area contributed by atoms with Crippen LogP contribution >= 0.6 is 11.6 Å². The summed E-state index contributed by atoms with van der Waals surface area (Å²) in [6.45, 7) is 3.24. The third-order valence-corrected chi connectivity index (χ3v) is 2.06. The van der Waals surface area contributed by atoms with Gasteiger partial charge in [-0.05, 0) is 31.2 Å². The first-order valence-corrected chi connectivity index (χ1v) is 5.36. The molecule has 0 radical (unpaired) electrons. The molecule has 0 aliphatic rings. The molecule has 4 heteroatoms. The summed E-state index contributed by atoms with van der Waals surface area (Å²) in [5.41, 5.74) is 0.728. The van der Waals surface area contributed by atoms with E-state index in [0.29, 0.717) is 11.6 Å². The Kier molecular flexibility index (Phi) is 5.15. The van der Waals surface area contributed by atoms with Crippen molar-refractivity contribution in [1.82, 2.24) is 5.32 Å². The van der Waals surface area contributed by atoms with Gasteiger partial charge in [-0.15, -0.1) is 0 Å². The van der Waals surface area contributed by atoms with E-state index >= 15 is 0 Å². The number of halogens is 1. The van der Waals surface area contributed by atoms with Crippen LogP contribution in [0.3, 0.4) is 0 Å². The van der Waals surface area contributed by atoms with Gasteiger partial charge in [-0.2, -0.15) is 0 Å². The Labute approximate surface area is 94.8 Å². The predicted octanol–water partition coefficient (Wildman–Crippen LogP) is 2.28. The van der Waals surface area contributed by atoms with Gasteiger partial charge in [0, 0.05) is 10.7 Å². The van der Waals surface area contributed by atoms with Crippen molar-refractivity contribution in [3.8, 4) is 0 Å². The van der Waals surface area contributed by atoms with Gasteiger partial charge in [0.15, 0.2) is 0 Å². The molecule has 0 heterocycles. The maximum absolute atomic E-state index is 11.4. The van der Waals surface area contributed by atoms with Gasteiger partial charge < -0.3 is 10.6 Å². The lowest BCUT2D eigenvalue weighted by Gasteiger charge is -2.05. The van der Waals surface area contributed by atoms with Crippen molar-refractivity contribution in [2.45, 2.75) is 13.3 Å². The molecular formula is C11H15ClN2O. The summed E-state index contributed by atoms with van der Waals surface area (Å²) < 4.78 is 0. The Hall–Kier alpha value is -1.06. The lowest BCUT2D eigenvalue weighted by molar-refractivity contribution is -0.115. The SMILES string of the molecule is CCCNCC(=O)Nc1cccc(Cl)c1. The number of nitrogens with one attached hydrogen (secondary N) is 2.